The fraction of sp³-hybridized carbons (Fsp3) is 0.579. The Morgan fingerprint density at radius 2 is 1.92 bits per heavy atom. The summed E-state index contributed by atoms with van der Waals surface area (Å²) >= 11 is 0. The Bertz CT molecular complexity index is 529. The summed E-state index contributed by atoms with van der Waals surface area (Å²) in [7, 11) is 0. The van der Waals surface area contributed by atoms with Crippen LogP contribution in [0.3, 0.4) is 0 Å². The average Bonchev–Trinajstić information content (AvgIpc) is 2.63. The summed E-state index contributed by atoms with van der Waals surface area (Å²) in [5.74, 6) is -0.0167. The molecule has 5 heteroatoms. The number of carbonyl (C=O) groups excluding carboxylic acids is 2. The van der Waals surface area contributed by atoms with E-state index in [1.807, 2.05) is 41.8 Å². The summed E-state index contributed by atoms with van der Waals surface area (Å²) in [5, 5.41) is 3.03. The third-order valence-electron chi connectivity index (χ3n) is 4.65. The highest BCUT2D eigenvalue weighted by Crippen LogP contribution is 2.18. The number of likely N-dealkylation sites (tertiary alicyclic amines) is 1. The molecule has 0 bridgehead atoms. The molecule has 132 valence electrons. The van der Waals surface area contributed by atoms with Crippen molar-refractivity contribution >= 4 is 11.9 Å². The smallest absolute Gasteiger partial charge is 0.320 e. The van der Waals surface area contributed by atoms with E-state index in [2.05, 4.69) is 17.4 Å². The number of carbonyl (C=O) groups is 2. The van der Waals surface area contributed by atoms with Crippen LogP contribution < -0.4 is 5.32 Å². The van der Waals surface area contributed by atoms with Gasteiger partial charge in [-0.05, 0) is 38.7 Å². The molecule has 0 saturated carbocycles. The van der Waals surface area contributed by atoms with Gasteiger partial charge in [-0.15, -0.1) is 0 Å². The Labute approximate surface area is 145 Å². The highest BCUT2D eigenvalue weighted by atomic mass is 16.2. The first-order valence-corrected chi connectivity index (χ1v) is 9.01. The Balaban J connectivity index is 1.80. The molecule has 1 fully saturated rings. The van der Waals surface area contributed by atoms with Gasteiger partial charge in [0.25, 0.3) is 0 Å². The molecule has 1 atom stereocenters. The molecule has 1 aliphatic rings. The standard InChI is InChI=1S/C19H29N3O2/c1-3-21(4-2)19(24)22-14-8-11-17(15-22)18(23)20-13-12-16-9-6-5-7-10-16/h5-7,9-10,17H,3-4,8,11-15H2,1-2H3,(H,20,23). The van der Waals surface area contributed by atoms with Gasteiger partial charge in [0.15, 0.2) is 0 Å². The number of benzene rings is 1. The van der Waals surface area contributed by atoms with Crippen molar-refractivity contribution in [1.82, 2.24) is 15.1 Å². The van der Waals surface area contributed by atoms with E-state index in [0.717, 1.165) is 25.8 Å². The summed E-state index contributed by atoms with van der Waals surface area (Å²) in [6.07, 6.45) is 2.59. The monoisotopic (exact) mass is 331 g/mol. The van der Waals surface area contributed by atoms with Crippen molar-refractivity contribution < 1.29 is 9.59 Å². The van der Waals surface area contributed by atoms with Crippen molar-refractivity contribution in [3.05, 3.63) is 35.9 Å². The summed E-state index contributed by atoms with van der Waals surface area (Å²) in [6.45, 7) is 7.32. The van der Waals surface area contributed by atoms with Crippen molar-refractivity contribution in [1.29, 1.82) is 0 Å². The van der Waals surface area contributed by atoms with E-state index < -0.39 is 0 Å². The maximum Gasteiger partial charge on any atom is 0.320 e. The average molecular weight is 331 g/mol. The molecule has 3 amide bonds. The highest BCUT2D eigenvalue weighted by Gasteiger charge is 2.29. The van der Waals surface area contributed by atoms with E-state index in [1.165, 1.54) is 5.56 Å². The molecule has 0 aliphatic carbocycles. The number of hydrogen-bond acceptors (Lipinski definition) is 2. The maximum atomic E-state index is 12.4. The van der Waals surface area contributed by atoms with Crippen molar-refractivity contribution in [2.45, 2.75) is 33.1 Å². The van der Waals surface area contributed by atoms with Crippen LogP contribution in [0.2, 0.25) is 0 Å². The first-order chi connectivity index (χ1) is 11.7. The van der Waals surface area contributed by atoms with Gasteiger partial charge in [0.05, 0.1) is 5.92 Å². The van der Waals surface area contributed by atoms with Gasteiger partial charge in [0, 0.05) is 32.7 Å². The lowest BCUT2D eigenvalue weighted by Crippen LogP contribution is -2.50. The SMILES string of the molecule is CCN(CC)C(=O)N1CCCC(C(=O)NCCc2ccccc2)C1. The number of piperidine rings is 1. The second kappa shape index (κ2) is 9.30. The zero-order valence-electron chi connectivity index (χ0n) is 14.8. The predicted octanol–water partition coefficient (Wildman–Crippen LogP) is 2.52. The van der Waals surface area contributed by atoms with Crippen molar-refractivity contribution in [3.63, 3.8) is 0 Å². The molecule has 1 saturated heterocycles. The summed E-state index contributed by atoms with van der Waals surface area (Å²) in [4.78, 5) is 28.5. The zero-order valence-corrected chi connectivity index (χ0v) is 14.8. The molecule has 0 aromatic heterocycles. The van der Waals surface area contributed by atoms with Crippen LogP contribution >= 0.6 is 0 Å². The second-order valence-electron chi connectivity index (χ2n) is 6.27. The Kier molecular flexibility index (Phi) is 7.09. The number of rotatable bonds is 6. The van der Waals surface area contributed by atoms with Crippen LogP contribution in [0, 0.1) is 5.92 Å². The van der Waals surface area contributed by atoms with Gasteiger partial charge in [-0.3, -0.25) is 4.79 Å². The number of nitrogens with zero attached hydrogens (tertiary/aromatic N) is 2. The maximum absolute atomic E-state index is 12.4. The molecule has 1 aromatic rings. The molecule has 0 radical (unpaired) electrons. The Hall–Kier alpha value is -2.04. The largest absolute Gasteiger partial charge is 0.355 e. The van der Waals surface area contributed by atoms with Crippen LogP contribution in [-0.4, -0.2) is 54.5 Å². The van der Waals surface area contributed by atoms with Crippen LogP contribution in [0.15, 0.2) is 30.3 Å². The summed E-state index contributed by atoms with van der Waals surface area (Å²) in [6, 6.07) is 10.2. The summed E-state index contributed by atoms with van der Waals surface area (Å²) in [5.41, 5.74) is 1.22. The number of hydrogen-bond donors (Lipinski definition) is 1. The van der Waals surface area contributed by atoms with Crippen LogP contribution in [0.1, 0.15) is 32.3 Å². The normalized spacial score (nSPS) is 17.4. The molecule has 1 N–H and O–H groups in total. The topological polar surface area (TPSA) is 52.7 Å². The molecule has 1 aromatic carbocycles. The van der Waals surface area contributed by atoms with Gasteiger partial charge in [0.1, 0.15) is 0 Å². The van der Waals surface area contributed by atoms with Crippen LogP contribution in [0.5, 0.6) is 0 Å². The third kappa shape index (κ3) is 4.98. The van der Waals surface area contributed by atoms with Crippen LogP contribution in [-0.2, 0) is 11.2 Å². The van der Waals surface area contributed by atoms with Gasteiger partial charge < -0.3 is 15.1 Å². The molecule has 1 unspecified atom stereocenters. The quantitative estimate of drug-likeness (QED) is 0.871. The third-order valence-corrected chi connectivity index (χ3v) is 4.65. The molecule has 1 aliphatic heterocycles. The zero-order chi connectivity index (χ0) is 17.4. The first-order valence-electron chi connectivity index (χ1n) is 9.01. The molecule has 5 nitrogen and oxygen atoms in total. The number of urea groups is 1. The second-order valence-corrected chi connectivity index (χ2v) is 6.27. The van der Waals surface area contributed by atoms with E-state index in [4.69, 9.17) is 0 Å². The minimum Gasteiger partial charge on any atom is -0.355 e. The first kappa shape index (κ1) is 18.3. The Morgan fingerprint density at radius 1 is 1.21 bits per heavy atom. The van der Waals surface area contributed by atoms with Crippen LogP contribution in [0.4, 0.5) is 4.79 Å². The number of nitrogens with one attached hydrogen (secondary N) is 1. The minimum atomic E-state index is -0.0889. The lowest BCUT2D eigenvalue weighted by molar-refractivity contribution is -0.126. The molecule has 24 heavy (non-hydrogen) atoms. The van der Waals surface area contributed by atoms with E-state index in [-0.39, 0.29) is 17.9 Å². The van der Waals surface area contributed by atoms with Gasteiger partial charge in [-0.1, -0.05) is 30.3 Å². The fourth-order valence-corrected chi connectivity index (χ4v) is 3.18. The van der Waals surface area contributed by atoms with Crippen molar-refractivity contribution in [3.8, 4) is 0 Å². The van der Waals surface area contributed by atoms with Gasteiger partial charge in [-0.2, -0.15) is 0 Å². The fourth-order valence-electron chi connectivity index (χ4n) is 3.18. The van der Waals surface area contributed by atoms with Gasteiger partial charge >= 0.3 is 6.03 Å². The predicted molar refractivity (Wildman–Crippen MR) is 95.8 cm³/mol. The number of amides is 3. The Morgan fingerprint density at radius 3 is 2.58 bits per heavy atom. The van der Waals surface area contributed by atoms with Crippen molar-refractivity contribution in [2.24, 2.45) is 5.92 Å². The van der Waals surface area contributed by atoms with Gasteiger partial charge in [-0.25, -0.2) is 4.79 Å². The van der Waals surface area contributed by atoms with E-state index in [9.17, 15) is 9.59 Å². The minimum absolute atomic E-state index is 0.0572. The lowest BCUT2D eigenvalue weighted by Gasteiger charge is -2.35. The van der Waals surface area contributed by atoms with E-state index >= 15 is 0 Å². The highest BCUT2D eigenvalue weighted by molar-refractivity contribution is 5.80. The molecular formula is C19H29N3O2. The van der Waals surface area contributed by atoms with Gasteiger partial charge in [0.2, 0.25) is 5.91 Å². The van der Waals surface area contributed by atoms with Crippen molar-refractivity contribution in [2.75, 3.05) is 32.7 Å². The lowest BCUT2D eigenvalue weighted by atomic mass is 9.97. The molecule has 1 heterocycles. The molecule has 2 rings (SSSR count). The molecular weight excluding hydrogens is 302 g/mol. The van der Waals surface area contributed by atoms with E-state index in [1.54, 1.807) is 0 Å². The summed E-state index contributed by atoms with van der Waals surface area (Å²) < 4.78 is 0. The van der Waals surface area contributed by atoms with Crippen LogP contribution in [0.25, 0.3) is 0 Å². The van der Waals surface area contributed by atoms with E-state index in [0.29, 0.717) is 26.2 Å². The molecule has 0 spiro atoms.